The van der Waals surface area contributed by atoms with E-state index in [1.165, 1.54) is 24.3 Å². The van der Waals surface area contributed by atoms with Crippen LogP contribution in [0.1, 0.15) is 22.0 Å². The first-order valence-corrected chi connectivity index (χ1v) is 6.02. The molecule has 0 aromatic heterocycles. The van der Waals surface area contributed by atoms with Crippen molar-refractivity contribution in [3.05, 3.63) is 75.8 Å². The molecule has 0 saturated carbocycles. The molecule has 1 atom stereocenters. The van der Waals surface area contributed by atoms with Gasteiger partial charge in [0, 0.05) is 17.7 Å². The molecule has 104 valence electrons. The second-order valence-electron chi connectivity index (χ2n) is 4.13. The molecular weight excluding hydrogens is 272 g/mol. The Hall–Kier alpha value is -3.20. The van der Waals surface area contributed by atoms with E-state index in [4.69, 9.17) is 10.00 Å². The Balaban J connectivity index is 2.13. The van der Waals surface area contributed by atoms with Crippen LogP contribution in [0, 0.1) is 21.4 Å². The molecule has 21 heavy (non-hydrogen) atoms. The molecule has 6 heteroatoms. The molecule has 6 nitrogen and oxygen atoms in total. The fourth-order valence-electron chi connectivity index (χ4n) is 1.69. The van der Waals surface area contributed by atoms with Gasteiger partial charge in [-0.25, -0.2) is 4.79 Å². The summed E-state index contributed by atoms with van der Waals surface area (Å²) < 4.78 is 5.10. The third kappa shape index (κ3) is 3.42. The third-order valence-corrected chi connectivity index (χ3v) is 2.76. The monoisotopic (exact) mass is 282 g/mol. The number of benzene rings is 2. The molecule has 0 heterocycles. The Labute approximate surface area is 120 Å². The highest BCUT2D eigenvalue weighted by molar-refractivity contribution is 5.89. The van der Waals surface area contributed by atoms with Gasteiger partial charge in [0.2, 0.25) is 6.10 Å². The van der Waals surface area contributed by atoms with Crippen molar-refractivity contribution in [3.63, 3.8) is 0 Å². The second-order valence-corrected chi connectivity index (χ2v) is 4.13. The molecule has 0 fully saturated rings. The topological polar surface area (TPSA) is 93.2 Å². The van der Waals surface area contributed by atoms with E-state index < -0.39 is 17.0 Å². The summed E-state index contributed by atoms with van der Waals surface area (Å²) >= 11 is 0. The van der Waals surface area contributed by atoms with Crippen molar-refractivity contribution in [1.29, 1.82) is 5.26 Å². The molecule has 0 N–H and O–H groups in total. The molecule has 2 aromatic carbocycles. The zero-order valence-electron chi connectivity index (χ0n) is 10.8. The van der Waals surface area contributed by atoms with Crippen LogP contribution in [-0.4, -0.2) is 10.9 Å². The second kappa shape index (κ2) is 6.30. The standard InChI is InChI=1S/C15H10N2O4/c16-10-14(11-4-2-1-3-5-11)21-15(18)12-6-8-13(9-7-12)17(19)20/h1-9,14H/t14-/m1/s1. The van der Waals surface area contributed by atoms with Gasteiger partial charge in [0.05, 0.1) is 10.5 Å². The largest absolute Gasteiger partial charge is 0.438 e. The van der Waals surface area contributed by atoms with Crippen LogP contribution in [0.2, 0.25) is 0 Å². The first-order valence-electron chi connectivity index (χ1n) is 6.02. The Kier molecular flexibility index (Phi) is 4.26. The first-order chi connectivity index (χ1) is 10.1. The summed E-state index contributed by atoms with van der Waals surface area (Å²) in [5, 5.41) is 19.6. The summed E-state index contributed by atoms with van der Waals surface area (Å²) in [6.07, 6.45) is -1.02. The maximum Gasteiger partial charge on any atom is 0.339 e. The lowest BCUT2D eigenvalue weighted by atomic mass is 10.1. The average Bonchev–Trinajstić information content (AvgIpc) is 2.53. The van der Waals surface area contributed by atoms with Crippen LogP contribution in [-0.2, 0) is 4.74 Å². The normalized spacial score (nSPS) is 11.2. The van der Waals surface area contributed by atoms with Crippen molar-refractivity contribution in [2.45, 2.75) is 6.10 Å². The van der Waals surface area contributed by atoms with Gasteiger partial charge in [0.1, 0.15) is 6.07 Å². The van der Waals surface area contributed by atoms with E-state index in [1.807, 2.05) is 6.07 Å². The number of nitro groups is 1. The Morgan fingerprint density at radius 1 is 1.14 bits per heavy atom. The number of nitro benzene ring substituents is 1. The number of hydrogen-bond acceptors (Lipinski definition) is 5. The first kappa shape index (κ1) is 14.2. The minimum Gasteiger partial charge on any atom is -0.438 e. The van der Waals surface area contributed by atoms with Crippen molar-refractivity contribution < 1.29 is 14.5 Å². The Bertz CT molecular complexity index is 690. The minimum absolute atomic E-state index is 0.119. The minimum atomic E-state index is -1.02. The molecule has 0 saturated heterocycles. The fraction of sp³-hybridized carbons (Fsp3) is 0.0667. The molecule has 2 aromatic rings. The van der Waals surface area contributed by atoms with Gasteiger partial charge in [0.25, 0.3) is 5.69 Å². The van der Waals surface area contributed by atoms with Crippen molar-refractivity contribution in [3.8, 4) is 6.07 Å². The molecule has 0 radical (unpaired) electrons. The van der Waals surface area contributed by atoms with Gasteiger partial charge in [0.15, 0.2) is 0 Å². The number of nitriles is 1. The summed E-state index contributed by atoms with van der Waals surface area (Å²) in [6, 6.07) is 15.5. The lowest BCUT2D eigenvalue weighted by Crippen LogP contribution is -2.10. The van der Waals surface area contributed by atoms with Gasteiger partial charge in [-0.2, -0.15) is 5.26 Å². The summed E-state index contributed by atoms with van der Waals surface area (Å²) in [7, 11) is 0. The number of carbonyl (C=O) groups is 1. The van der Waals surface area contributed by atoms with Crippen LogP contribution < -0.4 is 0 Å². The van der Waals surface area contributed by atoms with E-state index in [-0.39, 0.29) is 11.3 Å². The van der Waals surface area contributed by atoms with Gasteiger partial charge in [-0.15, -0.1) is 0 Å². The number of hydrogen-bond donors (Lipinski definition) is 0. The summed E-state index contributed by atoms with van der Waals surface area (Å²) in [4.78, 5) is 21.9. The van der Waals surface area contributed by atoms with Crippen molar-refractivity contribution in [2.75, 3.05) is 0 Å². The maximum absolute atomic E-state index is 11.9. The highest BCUT2D eigenvalue weighted by Gasteiger charge is 2.17. The third-order valence-electron chi connectivity index (χ3n) is 2.76. The van der Waals surface area contributed by atoms with E-state index in [0.29, 0.717) is 5.56 Å². The van der Waals surface area contributed by atoms with Crippen LogP contribution in [0.15, 0.2) is 54.6 Å². The van der Waals surface area contributed by atoms with Gasteiger partial charge in [-0.05, 0) is 12.1 Å². The number of esters is 1. The van der Waals surface area contributed by atoms with E-state index in [2.05, 4.69) is 0 Å². The van der Waals surface area contributed by atoms with E-state index in [9.17, 15) is 14.9 Å². The zero-order valence-corrected chi connectivity index (χ0v) is 10.8. The predicted molar refractivity (Wildman–Crippen MR) is 73.3 cm³/mol. The van der Waals surface area contributed by atoms with Gasteiger partial charge >= 0.3 is 5.97 Å². The number of rotatable bonds is 4. The molecule has 2 rings (SSSR count). The molecular formula is C15H10N2O4. The van der Waals surface area contributed by atoms with Crippen LogP contribution in [0.4, 0.5) is 5.69 Å². The molecule has 0 unspecified atom stereocenters. The van der Waals surface area contributed by atoms with Gasteiger partial charge in [-0.3, -0.25) is 10.1 Å². The molecule has 0 aliphatic carbocycles. The van der Waals surface area contributed by atoms with Crippen molar-refractivity contribution in [1.82, 2.24) is 0 Å². The summed E-state index contributed by atoms with van der Waals surface area (Å²) in [5.41, 5.74) is 0.596. The van der Waals surface area contributed by atoms with Crippen molar-refractivity contribution in [2.24, 2.45) is 0 Å². The number of ether oxygens (including phenoxy) is 1. The van der Waals surface area contributed by atoms with E-state index >= 15 is 0 Å². The Morgan fingerprint density at radius 2 is 1.76 bits per heavy atom. The number of nitrogens with zero attached hydrogens (tertiary/aromatic N) is 2. The molecule has 0 amide bonds. The number of carbonyl (C=O) groups excluding carboxylic acids is 1. The zero-order chi connectivity index (χ0) is 15.2. The predicted octanol–water partition coefficient (Wildman–Crippen LogP) is 3.02. The molecule has 0 bridgehead atoms. The smallest absolute Gasteiger partial charge is 0.339 e. The maximum atomic E-state index is 11.9. The SMILES string of the molecule is N#C[C@@H](OC(=O)c1ccc([N+](=O)[O-])cc1)c1ccccc1. The molecule has 0 aliphatic heterocycles. The molecule has 0 spiro atoms. The van der Waals surface area contributed by atoms with Crippen LogP contribution >= 0.6 is 0 Å². The van der Waals surface area contributed by atoms with Crippen LogP contribution in [0.3, 0.4) is 0 Å². The van der Waals surface area contributed by atoms with Gasteiger partial charge < -0.3 is 4.74 Å². The molecule has 0 aliphatic rings. The summed E-state index contributed by atoms with van der Waals surface area (Å²) in [6.45, 7) is 0. The lowest BCUT2D eigenvalue weighted by Gasteiger charge is -2.11. The van der Waals surface area contributed by atoms with E-state index in [0.717, 1.165) is 0 Å². The van der Waals surface area contributed by atoms with Gasteiger partial charge in [-0.1, -0.05) is 30.3 Å². The van der Waals surface area contributed by atoms with Crippen LogP contribution in [0.25, 0.3) is 0 Å². The quantitative estimate of drug-likeness (QED) is 0.488. The Morgan fingerprint density at radius 3 is 2.29 bits per heavy atom. The fourth-order valence-corrected chi connectivity index (χ4v) is 1.69. The number of non-ortho nitro benzene ring substituents is 1. The lowest BCUT2D eigenvalue weighted by molar-refractivity contribution is -0.384. The van der Waals surface area contributed by atoms with Crippen molar-refractivity contribution >= 4 is 11.7 Å². The van der Waals surface area contributed by atoms with Crippen LogP contribution in [0.5, 0.6) is 0 Å². The highest BCUT2D eigenvalue weighted by atomic mass is 16.6. The highest BCUT2D eigenvalue weighted by Crippen LogP contribution is 2.19. The van der Waals surface area contributed by atoms with E-state index in [1.54, 1.807) is 30.3 Å². The average molecular weight is 282 g/mol. The summed E-state index contributed by atoms with van der Waals surface area (Å²) in [5.74, 6) is -0.708.